The molecule has 5 nitrogen and oxygen atoms in total. The van der Waals surface area contributed by atoms with Gasteiger partial charge in [-0.3, -0.25) is 14.9 Å². The van der Waals surface area contributed by atoms with Gasteiger partial charge in [0, 0.05) is 25.0 Å². The van der Waals surface area contributed by atoms with E-state index < -0.39 is 6.10 Å². The van der Waals surface area contributed by atoms with Crippen molar-refractivity contribution in [2.75, 3.05) is 6.54 Å². The van der Waals surface area contributed by atoms with Gasteiger partial charge in [-0.25, -0.2) is 0 Å². The molecular formula is C18H25N3O2. The summed E-state index contributed by atoms with van der Waals surface area (Å²) in [5, 5.41) is 10.4. The second-order valence-corrected chi connectivity index (χ2v) is 6.39. The van der Waals surface area contributed by atoms with Gasteiger partial charge in [0.2, 0.25) is 0 Å². The van der Waals surface area contributed by atoms with Gasteiger partial charge >= 0.3 is 0 Å². The quantitative estimate of drug-likeness (QED) is 0.917. The Bertz CT molecular complexity index is 583. The van der Waals surface area contributed by atoms with E-state index >= 15 is 0 Å². The summed E-state index contributed by atoms with van der Waals surface area (Å²) in [5.41, 5.74) is 1.93. The first-order chi connectivity index (χ1) is 11.2. The van der Waals surface area contributed by atoms with E-state index in [0.717, 1.165) is 30.9 Å². The van der Waals surface area contributed by atoms with E-state index in [0.29, 0.717) is 18.2 Å². The van der Waals surface area contributed by atoms with Crippen LogP contribution in [-0.4, -0.2) is 32.6 Å². The van der Waals surface area contributed by atoms with Crippen LogP contribution in [0.2, 0.25) is 0 Å². The molecule has 2 atom stereocenters. The number of rotatable bonds is 5. The highest BCUT2D eigenvalue weighted by Crippen LogP contribution is 2.27. The van der Waals surface area contributed by atoms with E-state index in [-0.39, 0.29) is 0 Å². The molecule has 2 aromatic rings. The molecule has 2 aromatic heterocycles. The average Bonchev–Trinajstić information content (AvgIpc) is 3.01. The monoisotopic (exact) mass is 315 g/mol. The van der Waals surface area contributed by atoms with Crippen molar-refractivity contribution in [3.63, 3.8) is 0 Å². The Balaban J connectivity index is 1.68. The van der Waals surface area contributed by atoms with Crippen molar-refractivity contribution in [2.24, 2.45) is 0 Å². The molecular weight excluding hydrogens is 290 g/mol. The summed E-state index contributed by atoms with van der Waals surface area (Å²) in [6.45, 7) is 3.79. The lowest BCUT2D eigenvalue weighted by Gasteiger charge is -2.30. The number of furan rings is 1. The molecule has 0 bridgehead atoms. The van der Waals surface area contributed by atoms with Crippen LogP contribution in [0.5, 0.6) is 0 Å². The smallest absolute Gasteiger partial charge is 0.132 e. The fourth-order valence-corrected chi connectivity index (χ4v) is 3.28. The molecule has 1 saturated heterocycles. The molecule has 1 aliphatic heterocycles. The lowest BCUT2D eigenvalue weighted by Crippen LogP contribution is -2.35. The van der Waals surface area contributed by atoms with E-state index in [1.165, 1.54) is 19.3 Å². The molecule has 0 radical (unpaired) electrons. The fraction of sp³-hybridized carbons (Fsp3) is 0.556. The minimum atomic E-state index is -0.542. The van der Waals surface area contributed by atoms with Gasteiger partial charge in [-0.2, -0.15) is 0 Å². The van der Waals surface area contributed by atoms with Crippen LogP contribution in [0.4, 0.5) is 0 Å². The number of aryl methyl sites for hydroxylation is 1. The second kappa shape index (κ2) is 7.70. The van der Waals surface area contributed by atoms with Crippen molar-refractivity contribution in [2.45, 2.75) is 57.7 Å². The van der Waals surface area contributed by atoms with Crippen LogP contribution in [0, 0.1) is 6.92 Å². The molecule has 1 aliphatic rings. The molecule has 0 aliphatic carbocycles. The minimum Gasteiger partial charge on any atom is -0.467 e. The van der Waals surface area contributed by atoms with E-state index in [4.69, 9.17) is 4.42 Å². The predicted octanol–water partition coefficient (Wildman–Crippen LogP) is 3.25. The van der Waals surface area contributed by atoms with Gasteiger partial charge in [-0.05, 0) is 44.9 Å². The van der Waals surface area contributed by atoms with Crippen molar-refractivity contribution >= 4 is 0 Å². The van der Waals surface area contributed by atoms with Gasteiger partial charge < -0.3 is 9.52 Å². The Morgan fingerprint density at radius 3 is 2.96 bits per heavy atom. The third-order valence-corrected chi connectivity index (χ3v) is 4.57. The van der Waals surface area contributed by atoms with Crippen molar-refractivity contribution in [1.82, 2.24) is 14.9 Å². The summed E-state index contributed by atoms with van der Waals surface area (Å²) >= 11 is 0. The maximum absolute atomic E-state index is 10.4. The van der Waals surface area contributed by atoms with Crippen LogP contribution in [0.15, 0.2) is 35.2 Å². The van der Waals surface area contributed by atoms with E-state index in [1.54, 1.807) is 6.26 Å². The van der Waals surface area contributed by atoms with E-state index in [9.17, 15) is 5.11 Å². The van der Waals surface area contributed by atoms with Gasteiger partial charge in [0.15, 0.2) is 0 Å². The van der Waals surface area contributed by atoms with Crippen LogP contribution in [-0.2, 0) is 6.54 Å². The number of hydrogen-bond donors (Lipinski definition) is 1. The van der Waals surface area contributed by atoms with Gasteiger partial charge in [-0.15, -0.1) is 0 Å². The SMILES string of the molecule is Cc1cnc(CN2CCCCC[C@H]2C[C@H](O)c2ccco2)cn1. The summed E-state index contributed by atoms with van der Waals surface area (Å²) < 4.78 is 5.34. The standard InChI is InChI=1S/C18H25N3O2/c1-14-11-20-15(12-19-14)13-21-8-4-2-3-6-16(21)10-17(22)18-7-5-9-23-18/h5,7,9,11-12,16-17,22H,2-4,6,8,10,13H2,1H3/t16-,17-/m0/s1. The summed E-state index contributed by atoms with van der Waals surface area (Å²) in [6.07, 6.45) is 10.2. The van der Waals surface area contributed by atoms with Gasteiger partial charge in [0.1, 0.15) is 11.9 Å². The third-order valence-electron chi connectivity index (χ3n) is 4.57. The van der Waals surface area contributed by atoms with Crippen molar-refractivity contribution < 1.29 is 9.52 Å². The van der Waals surface area contributed by atoms with Crippen molar-refractivity contribution in [3.05, 3.63) is 47.9 Å². The number of hydrogen-bond acceptors (Lipinski definition) is 5. The molecule has 0 aromatic carbocycles. The highest BCUT2D eigenvalue weighted by molar-refractivity contribution is 5.04. The normalized spacial score (nSPS) is 21.0. The first-order valence-electron chi connectivity index (χ1n) is 8.45. The third kappa shape index (κ3) is 4.39. The molecule has 1 N–H and O–H groups in total. The summed E-state index contributed by atoms with van der Waals surface area (Å²) in [5.74, 6) is 0.657. The molecule has 0 amide bonds. The molecule has 3 heterocycles. The second-order valence-electron chi connectivity index (χ2n) is 6.39. The first kappa shape index (κ1) is 16.1. The summed E-state index contributed by atoms with van der Waals surface area (Å²) in [4.78, 5) is 11.3. The molecule has 124 valence electrons. The van der Waals surface area contributed by atoms with Gasteiger partial charge in [0.05, 0.1) is 17.7 Å². The Morgan fingerprint density at radius 1 is 1.30 bits per heavy atom. The number of aromatic nitrogens is 2. The zero-order valence-electron chi connectivity index (χ0n) is 13.7. The Hall–Kier alpha value is -1.72. The van der Waals surface area contributed by atoms with Gasteiger partial charge in [0.25, 0.3) is 0 Å². The molecule has 23 heavy (non-hydrogen) atoms. The van der Waals surface area contributed by atoms with Crippen LogP contribution >= 0.6 is 0 Å². The molecule has 0 spiro atoms. The average molecular weight is 315 g/mol. The fourth-order valence-electron chi connectivity index (χ4n) is 3.28. The Morgan fingerprint density at radius 2 is 2.22 bits per heavy atom. The largest absolute Gasteiger partial charge is 0.467 e. The predicted molar refractivity (Wildman–Crippen MR) is 87.7 cm³/mol. The zero-order chi connectivity index (χ0) is 16.1. The maximum atomic E-state index is 10.4. The van der Waals surface area contributed by atoms with Crippen molar-refractivity contribution in [3.8, 4) is 0 Å². The van der Waals surface area contributed by atoms with Crippen LogP contribution in [0.25, 0.3) is 0 Å². The molecule has 5 heteroatoms. The lowest BCUT2D eigenvalue weighted by molar-refractivity contribution is 0.0824. The van der Waals surface area contributed by atoms with Gasteiger partial charge in [-0.1, -0.05) is 12.8 Å². The molecule has 0 saturated carbocycles. The minimum absolute atomic E-state index is 0.348. The summed E-state index contributed by atoms with van der Waals surface area (Å²) in [6, 6.07) is 4.02. The summed E-state index contributed by atoms with van der Waals surface area (Å²) in [7, 11) is 0. The topological polar surface area (TPSA) is 62.4 Å². The number of nitrogens with zero attached hydrogens (tertiary/aromatic N) is 3. The highest BCUT2D eigenvalue weighted by Gasteiger charge is 2.25. The van der Waals surface area contributed by atoms with E-state index in [1.807, 2.05) is 31.5 Å². The Labute approximate surface area is 137 Å². The zero-order valence-corrected chi connectivity index (χ0v) is 13.7. The maximum Gasteiger partial charge on any atom is 0.132 e. The number of aliphatic hydroxyl groups excluding tert-OH is 1. The van der Waals surface area contributed by atoms with E-state index in [2.05, 4.69) is 14.9 Å². The molecule has 3 rings (SSSR count). The van der Waals surface area contributed by atoms with Crippen LogP contribution < -0.4 is 0 Å². The lowest BCUT2D eigenvalue weighted by atomic mass is 10.0. The number of likely N-dealkylation sites (tertiary alicyclic amines) is 1. The van der Waals surface area contributed by atoms with Crippen LogP contribution in [0.3, 0.4) is 0 Å². The van der Waals surface area contributed by atoms with Crippen LogP contribution in [0.1, 0.15) is 55.4 Å². The molecule has 1 fully saturated rings. The highest BCUT2D eigenvalue weighted by atomic mass is 16.4. The molecule has 0 unspecified atom stereocenters. The number of aliphatic hydroxyl groups is 1. The Kier molecular flexibility index (Phi) is 5.41. The van der Waals surface area contributed by atoms with Crippen molar-refractivity contribution in [1.29, 1.82) is 0 Å². The first-order valence-corrected chi connectivity index (χ1v) is 8.45.